The first kappa shape index (κ1) is 13.0. The van der Waals surface area contributed by atoms with Gasteiger partial charge in [-0.3, -0.25) is 0 Å². The molecule has 3 nitrogen and oxygen atoms in total. The van der Waals surface area contributed by atoms with Crippen LogP contribution in [0.15, 0.2) is 11.2 Å². The van der Waals surface area contributed by atoms with Gasteiger partial charge in [0.2, 0.25) is 0 Å². The van der Waals surface area contributed by atoms with Crippen molar-refractivity contribution in [2.24, 2.45) is 0 Å². The molecule has 0 amide bonds. The fraction of sp³-hybridized carbons (Fsp3) is 0.667. The zero-order valence-corrected chi connectivity index (χ0v) is 11.9. The molecule has 0 radical (unpaired) electrons. The predicted octanol–water partition coefficient (Wildman–Crippen LogP) is 3.62. The molecule has 1 heterocycles. The molecule has 0 bridgehead atoms. The summed E-state index contributed by atoms with van der Waals surface area (Å²) in [5, 5.41) is 1.29. The van der Waals surface area contributed by atoms with E-state index >= 15 is 0 Å². The van der Waals surface area contributed by atoms with E-state index in [1.54, 1.807) is 0 Å². The van der Waals surface area contributed by atoms with Crippen LogP contribution >= 0.6 is 23.4 Å². The first-order valence-corrected chi connectivity index (χ1v) is 7.70. The van der Waals surface area contributed by atoms with E-state index in [9.17, 15) is 0 Å². The van der Waals surface area contributed by atoms with Gasteiger partial charge < -0.3 is 4.90 Å². The molecular formula is C12H18ClN3S. The molecule has 1 fully saturated rings. The minimum absolute atomic E-state index is 0.538. The van der Waals surface area contributed by atoms with Crippen molar-refractivity contribution < 1.29 is 0 Å². The number of anilines is 1. The van der Waals surface area contributed by atoms with Crippen LogP contribution in [-0.4, -0.2) is 28.8 Å². The number of hydrogen-bond donors (Lipinski definition) is 0. The Morgan fingerprint density at radius 3 is 2.71 bits per heavy atom. The zero-order valence-electron chi connectivity index (χ0n) is 10.3. The molecule has 0 aromatic carbocycles. The van der Waals surface area contributed by atoms with Gasteiger partial charge in [-0.05, 0) is 26.0 Å². The maximum absolute atomic E-state index is 6.05. The summed E-state index contributed by atoms with van der Waals surface area (Å²) in [4.78, 5) is 11.1. The van der Waals surface area contributed by atoms with E-state index in [0.29, 0.717) is 11.2 Å². The van der Waals surface area contributed by atoms with Gasteiger partial charge >= 0.3 is 0 Å². The molecular weight excluding hydrogens is 254 g/mol. The minimum atomic E-state index is 0.538. The van der Waals surface area contributed by atoms with Gasteiger partial charge in [0.1, 0.15) is 11.0 Å². The normalized spacial score (nSPS) is 16.4. The molecule has 94 valence electrons. The molecule has 2 rings (SSSR count). The van der Waals surface area contributed by atoms with Crippen molar-refractivity contribution >= 4 is 29.2 Å². The zero-order chi connectivity index (χ0) is 12.3. The summed E-state index contributed by atoms with van der Waals surface area (Å²) in [5.74, 6) is 0.976. The Bertz CT molecular complexity index is 380. The lowest BCUT2D eigenvalue weighted by molar-refractivity contribution is 0.609. The third-order valence-electron chi connectivity index (χ3n) is 3.24. The number of halogens is 1. The highest BCUT2D eigenvalue weighted by Gasteiger charge is 2.23. The average molecular weight is 272 g/mol. The van der Waals surface area contributed by atoms with E-state index < -0.39 is 0 Å². The van der Waals surface area contributed by atoms with Crippen molar-refractivity contribution in [2.45, 2.75) is 43.8 Å². The molecule has 0 unspecified atom stereocenters. The van der Waals surface area contributed by atoms with Crippen LogP contribution in [0.1, 0.15) is 32.6 Å². The highest BCUT2D eigenvalue weighted by molar-refractivity contribution is 7.98. The largest absolute Gasteiger partial charge is 0.354 e. The molecule has 0 N–H and O–H groups in total. The summed E-state index contributed by atoms with van der Waals surface area (Å²) in [7, 11) is 0. The Kier molecular flexibility index (Phi) is 4.51. The number of rotatable bonds is 4. The average Bonchev–Trinajstić information content (AvgIpc) is 2.83. The summed E-state index contributed by atoms with van der Waals surface area (Å²) in [6.07, 6.45) is 7.17. The third kappa shape index (κ3) is 3.05. The summed E-state index contributed by atoms with van der Waals surface area (Å²) in [5.41, 5.74) is 0. The van der Waals surface area contributed by atoms with Crippen molar-refractivity contribution in [3.8, 4) is 0 Å². The molecule has 5 heteroatoms. The van der Waals surface area contributed by atoms with Gasteiger partial charge in [0, 0.05) is 18.7 Å². The van der Waals surface area contributed by atoms with Gasteiger partial charge in [0.15, 0.2) is 5.16 Å². The standard InChI is InChI=1S/C12H18ClN3S/c1-3-16(9-6-4-5-7-9)11-8-10(13)14-12(15-11)17-2/h8-9H,3-7H2,1-2H3. The Morgan fingerprint density at radius 1 is 1.41 bits per heavy atom. The number of hydrogen-bond acceptors (Lipinski definition) is 4. The van der Waals surface area contributed by atoms with E-state index in [-0.39, 0.29) is 0 Å². The highest BCUT2D eigenvalue weighted by atomic mass is 35.5. The topological polar surface area (TPSA) is 29.0 Å². The SMILES string of the molecule is CCN(c1cc(Cl)nc(SC)n1)C1CCCC1. The molecule has 0 saturated heterocycles. The lowest BCUT2D eigenvalue weighted by Crippen LogP contribution is -2.33. The quantitative estimate of drug-likeness (QED) is 0.475. The van der Waals surface area contributed by atoms with E-state index in [0.717, 1.165) is 17.5 Å². The maximum atomic E-state index is 6.05. The van der Waals surface area contributed by atoms with E-state index in [2.05, 4.69) is 21.8 Å². The molecule has 1 aliphatic carbocycles. The van der Waals surface area contributed by atoms with Crippen LogP contribution < -0.4 is 4.90 Å². The molecule has 1 aliphatic rings. The molecule has 0 spiro atoms. The minimum Gasteiger partial charge on any atom is -0.354 e. The van der Waals surface area contributed by atoms with E-state index in [1.165, 1.54) is 37.4 Å². The van der Waals surface area contributed by atoms with Gasteiger partial charge in [-0.2, -0.15) is 0 Å². The first-order valence-electron chi connectivity index (χ1n) is 6.09. The van der Waals surface area contributed by atoms with Crippen molar-refractivity contribution in [1.29, 1.82) is 0 Å². The summed E-state index contributed by atoms with van der Waals surface area (Å²) < 4.78 is 0. The van der Waals surface area contributed by atoms with Crippen LogP contribution in [0.25, 0.3) is 0 Å². The van der Waals surface area contributed by atoms with Crippen molar-refractivity contribution in [3.05, 3.63) is 11.2 Å². The lowest BCUT2D eigenvalue weighted by Gasteiger charge is -2.28. The number of aromatic nitrogens is 2. The maximum Gasteiger partial charge on any atom is 0.190 e. The van der Waals surface area contributed by atoms with E-state index in [1.807, 2.05) is 12.3 Å². The molecule has 17 heavy (non-hydrogen) atoms. The number of thioether (sulfide) groups is 1. The van der Waals surface area contributed by atoms with Crippen LogP contribution in [0.2, 0.25) is 5.15 Å². The second kappa shape index (κ2) is 5.91. The van der Waals surface area contributed by atoms with Gasteiger partial charge in [0.25, 0.3) is 0 Å². The molecule has 1 aromatic heterocycles. The fourth-order valence-electron chi connectivity index (χ4n) is 2.45. The van der Waals surface area contributed by atoms with Gasteiger partial charge in [0.05, 0.1) is 0 Å². The molecule has 0 aliphatic heterocycles. The summed E-state index contributed by atoms with van der Waals surface area (Å²) >= 11 is 7.58. The first-order chi connectivity index (χ1) is 8.24. The van der Waals surface area contributed by atoms with Crippen LogP contribution in [-0.2, 0) is 0 Å². The fourth-order valence-corrected chi connectivity index (χ4v) is 3.05. The van der Waals surface area contributed by atoms with Crippen LogP contribution in [0.4, 0.5) is 5.82 Å². The second-order valence-electron chi connectivity index (χ2n) is 4.26. The monoisotopic (exact) mass is 271 g/mol. The molecule has 1 saturated carbocycles. The lowest BCUT2D eigenvalue weighted by atomic mass is 10.2. The van der Waals surface area contributed by atoms with E-state index in [4.69, 9.17) is 11.6 Å². The Hall–Kier alpha value is -0.480. The third-order valence-corrected chi connectivity index (χ3v) is 3.99. The molecule has 1 aromatic rings. The number of nitrogens with zero attached hydrogens (tertiary/aromatic N) is 3. The van der Waals surface area contributed by atoms with Crippen LogP contribution in [0.5, 0.6) is 0 Å². The van der Waals surface area contributed by atoms with Crippen molar-refractivity contribution in [3.63, 3.8) is 0 Å². The van der Waals surface area contributed by atoms with Crippen LogP contribution in [0.3, 0.4) is 0 Å². The van der Waals surface area contributed by atoms with Gasteiger partial charge in [-0.1, -0.05) is 36.2 Å². The predicted molar refractivity (Wildman–Crippen MR) is 74.1 cm³/mol. The highest BCUT2D eigenvalue weighted by Crippen LogP contribution is 2.28. The smallest absolute Gasteiger partial charge is 0.190 e. The second-order valence-corrected chi connectivity index (χ2v) is 5.42. The van der Waals surface area contributed by atoms with Crippen LogP contribution in [0, 0.1) is 0 Å². The van der Waals surface area contributed by atoms with Crippen molar-refractivity contribution in [1.82, 2.24) is 9.97 Å². The van der Waals surface area contributed by atoms with Crippen molar-refractivity contribution in [2.75, 3.05) is 17.7 Å². The molecule has 0 atom stereocenters. The Labute approximate surface area is 112 Å². The Balaban J connectivity index is 2.25. The summed E-state index contributed by atoms with van der Waals surface area (Å²) in [6, 6.07) is 2.50. The Morgan fingerprint density at radius 2 is 2.12 bits per heavy atom. The van der Waals surface area contributed by atoms with Gasteiger partial charge in [-0.15, -0.1) is 0 Å². The van der Waals surface area contributed by atoms with Gasteiger partial charge in [-0.25, -0.2) is 9.97 Å². The summed E-state index contributed by atoms with van der Waals surface area (Å²) in [6.45, 7) is 3.15.